The van der Waals surface area contributed by atoms with E-state index in [4.69, 9.17) is 29.4 Å². The van der Waals surface area contributed by atoms with Crippen LogP contribution in [0.3, 0.4) is 0 Å². The minimum atomic E-state index is -2.62. The first-order valence-corrected chi connectivity index (χ1v) is 20.4. The lowest BCUT2D eigenvalue weighted by Gasteiger charge is -2.49. The number of benzene rings is 4. The summed E-state index contributed by atoms with van der Waals surface area (Å²) in [5, 5.41) is 46.5. The van der Waals surface area contributed by atoms with E-state index in [1.54, 1.807) is 0 Å². The molecule has 304 valence electrons. The Labute approximate surface area is 329 Å². The van der Waals surface area contributed by atoms with E-state index in [0.717, 1.165) is 22.3 Å². The summed E-state index contributed by atoms with van der Waals surface area (Å²) < 4.78 is 0. The second-order valence-corrected chi connectivity index (χ2v) is 18.1. The second-order valence-electron chi connectivity index (χ2n) is 17.0. The van der Waals surface area contributed by atoms with E-state index < -0.39 is 58.9 Å². The van der Waals surface area contributed by atoms with Crippen molar-refractivity contribution < 1.29 is 49.8 Å². The molecule has 0 aliphatic carbocycles. The van der Waals surface area contributed by atoms with Crippen LogP contribution in [-0.2, 0) is 27.3 Å². The maximum absolute atomic E-state index is 13.5. The Balaban J connectivity index is 0.00000119. The Bertz CT molecular complexity index is 1640. The minimum Gasteiger partial charge on any atom is -0.395 e. The van der Waals surface area contributed by atoms with Gasteiger partial charge in [0, 0.05) is 10.8 Å². The summed E-state index contributed by atoms with van der Waals surface area (Å²) in [5.41, 5.74) is 2.22. The third kappa shape index (κ3) is 11.3. The molecule has 0 atom stereocenters. The standard InChI is InChI=1S/C43H56O4.2H3O3P/c1-38(2,3)36-25-32(40(7,8)30-17-13-11-14-18-30)21-23-34(36)43(47,42(27-44,28-45)29-46)35-24-22-33(26-37(35)39(4,5)6)41(9,10)31-19-15-12-16-20-31;2*1-4(2)3/h11-26,44-47H,27-29H2,1-10H3;2*1-3H. The van der Waals surface area contributed by atoms with E-state index in [0.29, 0.717) is 11.1 Å². The van der Waals surface area contributed by atoms with Gasteiger partial charge in [-0.15, -0.1) is 0 Å². The van der Waals surface area contributed by atoms with Crippen molar-refractivity contribution in [3.63, 3.8) is 0 Å². The third-order valence-electron chi connectivity index (χ3n) is 10.5. The molecular weight excluding hydrogens is 738 g/mol. The Morgan fingerprint density at radius 3 is 0.909 bits per heavy atom. The number of rotatable bonds is 10. The average Bonchev–Trinajstić information content (AvgIpc) is 3.11. The Morgan fingerprint density at radius 1 is 0.400 bits per heavy atom. The van der Waals surface area contributed by atoms with Crippen molar-refractivity contribution in [2.75, 3.05) is 19.8 Å². The molecule has 0 fully saturated rings. The summed E-state index contributed by atoms with van der Waals surface area (Å²) in [4.78, 5) is 43.4. The number of hydrogen-bond acceptors (Lipinski definition) is 10. The van der Waals surface area contributed by atoms with Crippen molar-refractivity contribution in [2.24, 2.45) is 5.41 Å². The van der Waals surface area contributed by atoms with E-state index >= 15 is 0 Å². The highest BCUT2D eigenvalue weighted by Gasteiger charge is 2.55. The summed E-state index contributed by atoms with van der Waals surface area (Å²) in [6, 6.07) is 33.0. The highest BCUT2D eigenvalue weighted by molar-refractivity contribution is 7.38. The lowest BCUT2D eigenvalue weighted by atomic mass is 9.60. The molecule has 12 heteroatoms. The molecule has 10 N–H and O–H groups in total. The van der Waals surface area contributed by atoms with Gasteiger partial charge in [0.2, 0.25) is 0 Å². The molecule has 0 aliphatic rings. The number of aliphatic hydroxyl groups excluding tert-OH is 3. The van der Waals surface area contributed by atoms with E-state index in [9.17, 15) is 20.4 Å². The van der Waals surface area contributed by atoms with E-state index in [-0.39, 0.29) is 10.8 Å². The maximum atomic E-state index is 13.5. The molecule has 4 aromatic carbocycles. The molecule has 4 rings (SSSR count). The molecule has 0 aromatic heterocycles. The van der Waals surface area contributed by atoms with E-state index in [1.807, 2.05) is 60.7 Å². The summed E-state index contributed by atoms with van der Waals surface area (Å²) in [6.07, 6.45) is 0. The normalized spacial score (nSPS) is 12.9. The van der Waals surface area contributed by atoms with Crippen LogP contribution in [0.5, 0.6) is 0 Å². The Hall–Kier alpha value is -2.66. The lowest BCUT2D eigenvalue weighted by molar-refractivity contribution is -0.137. The molecule has 0 unspecified atom stereocenters. The number of hydrogen-bond donors (Lipinski definition) is 10. The van der Waals surface area contributed by atoms with Gasteiger partial charge in [-0.25, -0.2) is 0 Å². The molecule has 0 saturated carbocycles. The highest BCUT2D eigenvalue weighted by atomic mass is 31.2. The van der Waals surface area contributed by atoms with Crippen molar-refractivity contribution in [3.05, 3.63) is 142 Å². The largest absolute Gasteiger partial charge is 0.395 e. The predicted molar refractivity (Wildman–Crippen MR) is 221 cm³/mol. The van der Waals surface area contributed by atoms with Crippen molar-refractivity contribution in [1.82, 2.24) is 0 Å². The smallest absolute Gasteiger partial charge is 0.324 e. The molecule has 0 saturated heterocycles. The third-order valence-corrected chi connectivity index (χ3v) is 10.5. The summed E-state index contributed by atoms with van der Waals surface area (Å²) in [6.45, 7) is 19.6. The summed E-state index contributed by atoms with van der Waals surface area (Å²) in [5.74, 6) is 0. The van der Waals surface area contributed by atoms with Crippen LogP contribution in [0.4, 0.5) is 0 Å². The summed E-state index contributed by atoms with van der Waals surface area (Å²) in [7, 11) is -5.24. The molecule has 55 heavy (non-hydrogen) atoms. The molecular formula is C43H62O10P2. The molecule has 0 aliphatic heterocycles. The first-order chi connectivity index (χ1) is 25.3. The fraction of sp³-hybridized carbons (Fsp3) is 0.442. The zero-order valence-corrected chi connectivity index (χ0v) is 35.5. The SMILES string of the molecule is CC(C)(C)c1cc(C(C)(C)c2ccccc2)ccc1C(O)(c1ccc(C(C)(C)c2ccccc2)cc1C(C)(C)C)C(CO)(CO)CO.OP(O)O.OP(O)O. The van der Waals surface area contributed by atoms with Gasteiger partial charge >= 0.3 is 17.2 Å². The topological polar surface area (TPSA) is 202 Å². The molecule has 0 spiro atoms. The minimum absolute atomic E-state index is 0.332. The van der Waals surface area contributed by atoms with Crippen molar-refractivity contribution >= 4 is 17.2 Å². The van der Waals surface area contributed by atoms with Crippen LogP contribution in [0.15, 0.2) is 97.1 Å². The van der Waals surface area contributed by atoms with Gasteiger partial charge in [-0.3, -0.25) is 0 Å². The molecule has 0 radical (unpaired) electrons. The first kappa shape index (κ1) is 48.5. The molecule has 0 bridgehead atoms. The van der Waals surface area contributed by atoms with Gasteiger partial charge in [0.15, 0.2) is 0 Å². The first-order valence-electron chi connectivity index (χ1n) is 18.0. The second kappa shape index (κ2) is 19.2. The predicted octanol–water partition coefficient (Wildman–Crippen LogP) is 6.51. The van der Waals surface area contributed by atoms with Crippen LogP contribution in [0.2, 0.25) is 0 Å². The molecule has 4 aromatic rings. The van der Waals surface area contributed by atoms with Gasteiger partial charge < -0.3 is 49.8 Å². The Morgan fingerprint density at radius 2 is 0.673 bits per heavy atom. The molecule has 0 heterocycles. The summed E-state index contributed by atoms with van der Waals surface area (Å²) >= 11 is 0. The molecule has 0 amide bonds. The van der Waals surface area contributed by atoms with Crippen LogP contribution in [0.1, 0.15) is 114 Å². The van der Waals surface area contributed by atoms with Crippen molar-refractivity contribution in [2.45, 2.75) is 96.5 Å². The van der Waals surface area contributed by atoms with Gasteiger partial charge in [0.05, 0.1) is 25.2 Å². The fourth-order valence-electron chi connectivity index (χ4n) is 6.99. The van der Waals surface area contributed by atoms with Gasteiger partial charge in [-0.2, -0.15) is 0 Å². The zero-order valence-electron chi connectivity index (χ0n) is 33.7. The van der Waals surface area contributed by atoms with Crippen LogP contribution >= 0.6 is 17.2 Å². The van der Waals surface area contributed by atoms with Gasteiger partial charge in [0.25, 0.3) is 0 Å². The van der Waals surface area contributed by atoms with Crippen molar-refractivity contribution in [1.29, 1.82) is 0 Å². The Kier molecular flexibility index (Phi) is 16.9. The monoisotopic (exact) mass is 800 g/mol. The van der Waals surface area contributed by atoms with E-state index in [1.165, 1.54) is 11.1 Å². The van der Waals surface area contributed by atoms with Crippen LogP contribution in [0.25, 0.3) is 0 Å². The quantitative estimate of drug-likeness (QED) is 0.0788. The maximum Gasteiger partial charge on any atom is 0.324 e. The lowest BCUT2D eigenvalue weighted by Crippen LogP contribution is -2.55. The highest BCUT2D eigenvalue weighted by Crippen LogP contribution is 2.52. The molecule has 10 nitrogen and oxygen atoms in total. The van der Waals surface area contributed by atoms with Crippen LogP contribution in [0, 0.1) is 5.41 Å². The van der Waals surface area contributed by atoms with E-state index in [2.05, 4.69) is 106 Å². The van der Waals surface area contributed by atoms with Gasteiger partial charge in [-0.1, -0.05) is 166 Å². The fourth-order valence-corrected chi connectivity index (χ4v) is 6.99. The van der Waals surface area contributed by atoms with Crippen LogP contribution in [-0.4, -0.2) is 69.6 Å². The zero-order chi connectivity index (χ0) is 42.2. The van der Waals surface area contributed by atoms with Crippen LogP contribution < -0.4 is 0 Å². The number of aliphatic hydroxyl groups is 4. The van der Waals surface area contributed by atoms with Crippen molar-refractivity contribution in [3.8, 4) is 0 Å². The van der Waals surface area contributed by atoms with Gasteiger partial charge in [-0.05, 0) is 55.3 Å². The average molecular weight is 801 g/mol. The van der Waals surface area contributed by atoms with Gasteiger partial charge in [0.1, 0.15) is 5.60 Å².